The summed E-state index contributed by atoms with van der Waals surface area (Å²) in [5.41, 5.74) is 4.52. The quantitative estimate of drug-likeness (QED) is 0.673. The highest BCUT2D eigenvalue weighted by Gasteiger charge is 2.43. The van der Waals surface area contributed by atoms with Crippen molar-refractivity contribution < 1.29 is 9.59 Å². The first-order valence-corrected chi connectivity index (χ1v) is 10.5. The van der Waals surface area contributed by atoms with Gasteiger partial charge in [-0.25, -0.2) is 4.90 Å². The number of benzene rings is 2. The molecule has 0 saturated carbocycles. The number of carbonyl (C=O) groups is 2. The van der Waals surface area contributed by atoms with Crippen molar-refractivity contribution in [1.82, 2.24) is 4.90 Å². The normalized spacial score (nSPS) is 18.2. The minimum absolute atomic E-state index is 0.238. The van der Waals surface area contributed by atoms with E-state index in [0.29, 0.717) is 27.9 Å². The van der Waals surface area contributed by atoms with E-state index in [0.717, 1.165) is 42.6 Å². The summed E-state index contributed by atoms with van der Waals surface area (Å²) in [6.45, 7) is 7.81. The highest BCUT2D eigenvalue weighted by atomic mass is 35.5. The van der Waals surface area contributed by atoms with E-state index in [1.54, 1.807) is 12.1 Å². The van der Waals surface area contributed by atoms with Crippen LogP contribution in [0.3, 0.4) is 0 Å². The average molecular weight is 409 g/mol. The predicted molar refractivity (Wildman–Crippen MR) is 117 cm³/mol. The van der Waals surface area contributed by atoms with Crippen LogP contribution in [-0.2, 0) is 9.59 Å². The van der Waals surface area contributed by atoms with E-state index in [2.05, 4.69) is 11.8 Å². The van der Waals surface area contributed by atoms with Crippen molar-refractivity contribution in [1.29, 1.82) is 0 Å². The van der Waals surface area contributed by atoms with E-state index < -0.39 is 0 Å². The molecule has 2 aromatic rings. The van der Waals surface area contributed by atoms with Crippen molar-refractivity contribution in [2.45, 2.75) is 33.6 Å². The number of nitrogens with zero attached hydrogens (tertiary/aromatic N) is 2. The molecule has 1 fully saturated rings. The Morgan fingerprint density at radius 1 is 0.897 bits per heavy atom. The van der Waals surface area contributed by atoms with Crippen molar-refractivity contribution in [3.8, 4) is 0 Å². The fourth-order valence-corrected chi connectivity index (χ4v) is 4.15. The number of aryl methyl sites for hydroxylation is 2. The molecular formula is C24H25ClN2O2. The third-order valence-corrected chi connectivity index (χ3v) is 6.29. The van der Waals surface area contributed by atoms with E-state index in [-0.39, 0.29) is 11.8 Å². The van der Waals surface area contributed by atoms with Crippen LogP contribution in [0.4, 0.5) is 5.69 Å². The second kappa shape index (κ2) is 7.68. The number of carbonyl (C=O) groups excluding carboxylic acids is 2. The maximum Gasteiger partial charge on any atom is 0.282 e. The maximum atomic E-state index is 13.5. The molecule has 0 atom stereocenters. The average Bonchev–Trinajstić information content (AvgIpc) is 2.96. The summed E-state index contributed by atoms with van der Waals surface area (Å²) in [4.78, 5) is 30.4. The third kappa shape index (κ3) is 3.58. The van der Waals surface area contributed by atoms with Gasteiger partial charge in [0, 0.05) is 18.1 Å². The number of hydrogen-bond acceptors (Lipinski definition) is 3. The molecule has 0 spiro atoms. The van der Waals surface area contributed by atoms with Gasteiger partial charge in [-0.05, 0) is 73.6 Å². The van der Waals surface area contributed by atoms with Gasteiger partial charge in [-0.3, -0.25) is 9.59 Å². The summed E-state index contributed by atoms with van der Waals surface area (Å²) < 4.78 is 0. The lowest BCUT2D eigenvalue weighted by Gasteiger charge is -2.32. The molecule has 0 radical (unpaired) electrons. The fraction of sp³-hybridized carbons (Fsp3) is 0.333. The molecule has 0 aromatic heterocycles. The molecule has 29 heavy (non-hydrogen) atoms. The zero-order valence-electron chi connectivity index (χ0n) is 17.0. The first kappa shape index (κ1) is 19.7. The number of anilines is 1. The Labute approximate surface area is 176 Å². The summed E-state index contributed by atoms with van der Waals surface area (Å²) in [7, 11) is 0. The molecule has 0 bridgehead atoms. The lowest BCUT2D eigenvalue weighted by atomic mass is 9.97. The second-order valence-electron chi connectivity index (χ2n) is 8.11. The highest BCUT2D eigenvalue weighted by molar-refractivity contribution is 6.45. The molecule has 2 heterocycles. The summed E-state index contributed by atoms with van der Waals surface area (Å²) in [5, 5.41) is 0.602. The summed E-state index contributed by atoms with van der Waals surface area (Å²) >= 11 is 6.05. The number of rotatable bonds is 3. The molecule has 2 aliphatic heterocycles. The maximum absolute atomic E-state index is 13.5. The molecule has 0 unspecified atom stereocenters. The molecule has 4 nitrogen and oxygen atoms in total. The van der Waals surface area contributed by atoms with Crippen LogP contribution in [0.1, 0.15) is 36.5 Å². The van der Waals surface area contributed by atoms with Gasteiger partial charge in [-0.2, -0.15) is 0 Å². The number of hydrogen-bond donors (Lipinski definition) is 0. The van der Waals surface area contributed by atoms with Crippen LogP contribution in [0.2, 0.25) is 5.02 Å². The van der Waals surface area contributed by atoms with Gasteiger partial charge in [0.1, 0.15) is 5.70 Å². The smallest absolute Gasteiger partial charge is 0.282 e. The van der Waals surface area contributed by atoms with Crippen LogP contribution >= 0.6 is 11.6 Å². The lowest BCUT2D eigenvalue weighted by molar-refractivity contribution is -0.120. The topological polar surface area (TPSA) is 40.6 Å². The number of amides is 2. The molecule has 5 heteroatoms. The van der Waals surface area contributed by atoms with Crippen molar-refractivity contribution in [2.75, 3.05) is 18.0 Å². The largest absolute Gasteiger partial charge is 0.366 e. The zero-order chi connectivity index (χ0) is 20.7. The van der Waals surface area contributed by atoms with E-state index in [1.165, 1.54) is 4.90 Å². The number of piperidine rings is 1. The van der Waals surface area contributed by atoms with Crippen molar-refractivity contribution in [3.05, 3.63) is 69.9 Å². The highest BCUT2D eigenvalue weighted by Crippen LogP contribution is 2.37. The van der Waals surface area contributed by atoms with Gasteiger partial charge < -0.3 is 4.90 Å². The molecule has 4 rings (SSSR count). The van der Waals surface area contributed by atoms with Crippen LogP contribution < -0.4 is 4.90 Å². The molecular weight excluding hydrogens is 384 g/mol. The Balaban J connectivity index is 1.81. The van der Waals surface area contributed by atoms with Crippen LogP contribution in [0, 0.1) is 19.8 Å². The van der Waals surface area contributed by atoms with Crippen LogP contribution in [0.5, 0.6) is 0 Å². The lowest BCUT2D eigenvalue weighted by Crippen LogP contribution is -2.38. The van der Waals surface area contributed by atoms with Gasteiger partial charge in [0.15, 0.2) is 0 Å². The SMILES string of the molecule is Cc1ccc(N2C(=O)C(c3ccc(Cl)cc3)=C(N3CCC(C)CC3)C2=O)cc1C. The predicted octanol–water partition coefficient (Wildman–Crippen LogP) is 4.97. The van der Waals surface area contributed by atoms with Gasteiger partial charge in [0.05, 0.1) is 11.3 Å². The molecule has 1 saturated heterocycles. The fourth-order valence-electron chi connectivity index (χ4n) is 4.02. The Morgan fingerprint density at radius 3 is 2.17 bits per heavy atom. The summed E-state index contributed by atoms with van der Waals surface area (Å²) in [6.07, 6.45) is 2.03. The molecule has 0 aliphatic carbocycles. The zero-order valence-corrected chi connectivity index (χ0v) is 17.8. The summed E-state index contributed by atoms with van der Waals surface area (Å²) in [5.74, 6) is 0.126. The molecule has 2 amide bonds. The van der Waals surface area contributed by atoms with E-state index in [4.69, 9.17) is 11.6 Å². The van der Waals surface area contributed by atoms with Crippen molar-refractivity contribution in [3.63, 3.8) is 0 Å². The Morgan fingerprint density at radius 2 is 1.55 bits per heavy atom. The Hall–Kier alpha value is -2.59. The summed E-state index contributed by atoms with van der Waals surface area (Å²) in [6, 6.07) is 12.9. The van der Waals surface area contributed by atoms with Gasteiger partial charge in [-0.15, -0.1) is 0 Å². The molecule has 2 aromatic carbocycles. The van der Waals surface area contributed by atoms with Gasteiger partial charge >= 0.3 is 0 Å². The number of imide groups is 1. The first-order chi connectivity index (χ1) is 13.9. The van der Waals surface area contributed by atoms with Crippen molar-refractivity contribution >= 4 is 34.7 Å². The molecule has 2 aliphatic rings. The third-order valence-electron chi connectivity index (χ3n) is 6.04. The minimum Gasteiger partial charge on any atom is -0.366 e. The van der Waals surface area contributed by atoms with Crippen LogP contribution in [0.25, 0.3) is 5.57 Å². The first-order valence-electron chi connectivity index (χ1n) is 10.1. The van der Waals surface area contributed by atoms with Gasteiger partial charge in [0.25, 0.3) is 11.8 Å². The number of likely N-dealkylation sites (tertiary alicyclic amines) is 1. The Kier molecular flexibility index (Phi) is 5.22. The second-order valence-corrected chi connectivity index (χ2v) is 8.55. The Bertz CT molecular complexity index is 1000. The standard InChI is InChI=1S/C24H25ClN2O2/c1-15-10-12-26(13-11-15)22-21(18-5-7-19(25)8-6-18)23(28)27(24(22)29)20-9-4-16(2)17(3)14-20/h4-9,14-15H,10-13H2,1-3H3. The van der Waals surface area contributed by atoms with Gasteiger partial charge in [-0.1, -0.05) is 36.7 Å². The van der Waals surface area contributed by atoms with E-state index in [1.807, 2.05) is 44.2 Å². The minimum atomic E-state index is -0.269. The van der Waals surface area contributed by atoms with E-state index >= 15 is 0 Å². The van der Waals surface area contributed by atoms with Crippen LogP contribution in [0.15, 0.2) is 48.2 Å². The van der Waals surface area contributed by atoms with Crippen LogP contribution in [-0.4, -0.2) is 29.8 Å². The van der Waals surface area contributed by atoms with Gasteiger partial charge in [0.2, 0.25) is 0 Å². The number of halogens is 1. The van der Waals surface area contributed by atoms with Crippen molar-refractivity contribution in [2.24, 2.45) is 5.92 Å². The molecule has 0 N–H and O–H groups in total. The molecule has 150 valence electrons. The van der Waals surface area contributed by atoms with E-state index in [9.17, 15) is 9.59 Å². The monoisotopic (exact) mass is 408 g/mol.